The van der Waals surface area contributed by atoms with E-state index < -0.39 is 0 Å². The van der Waals surface area contributed by atoms with Crippen molar-refractivity contribution in [3.05, 3.63) is 96.1 Å². The number of amides is 1. The van der Waals surface area contributed by atoms with E-state index in [9.17, 15) is 9.59 Å². The number of rotatable bonds is 6. The van der Waals surface area contributed by atoms with Crippen molar-refractivity contribution in [1.82, 2.24) is 20.2 Å². The number of nitrogens with one attached hydrogen (secondary N) is 1. The Morgan fingerprint density at radius 3 is 2.33 bits per heavy atom. The summed E-state index contributed by atoms with van der Waals surface area (Å²) in [4.78, 5) is 24.6. The summed E-state index contributed by atoms with van der Waals surface area (Å²) in [5.74, 6) is 0.531. The van der Waals surface area contributed by atoms with E-state index >= 15 is 0 Å². The molecule has 8 heteroatoms. The predicted molar refractivity (Wildman–Crippen MR) is 128 cm³/mol. The Morgan fingerprint density at radius 1 is 0.909 bits per heavy atom. The monoisotopic (exact) mass is 453 g/mol. The van der Waals surface area contributed by atoms with Crippen LogP contribution in [0.4, 0.5) is 0 Å². The van der Waals surface area contributed by atoms with Crippen LogP contribution in [0.25, 0.3) is 17.1 Å². The van der Waals surface area contributed by atoms with Gasteiger partial charge in [-0.05, 0) is 12.1 Å². The molecule has 5 rings (SSSR count). The van der Waals surface area contributed by atoms with Gasteiger partial charge in [0, 0.05) is 22.4 Å². The van der Waals surface area contributed by atoms with Gasteiger partial charge < -0.3 is 0 Å². The van der Waals surface area contributed by atoms with Crippen LogP contribution in [0, 0.1) is 0 Å². The number of hydrazone groups is 1. The zero-order chi connectivity index (χ0) is 22.6. The van der Waals surface area contributed by atoms with E-state index in [1.165, 1.54) is 11.8 Å². The van der Waals surface area contributed by atoms with Crippen LogP contribution in [-0.2, 0) is 4.79 Å². The van der Waals surface area contributed by atoms with Crippen LogP contribution in [0.3, 0.4) is 0 Å². The first kappa shape index (κ1) is 20.8. The molecule has 3 aromatic carbocycles. The maximum atomic E-state index is 12.5. The molecule has 1 aromatic heterocycles. The third-order valence-corrected chi connectivity index (χ3v) is 6.12. The second-order valence-electron chi connectivity index (χ2n) is 7.37. The summed E-state index contributed by atoms with van der Waals surface area (Å²) < 4.78 is 1.94. The lowest BCUT2D eigenvalue weighted by molar-refractivity contribution is -0.118. The number of hydrogen-bond donors (Lipinski definition) is 1. The summed E-state index contributed by atoms with van der Waals surface area (Å²) in [5.41, 5.74) is 6.40. The molecule has 0 spiro atoms. The topological polar surface area (TPSA) is 89.2 Å². The molecule has 1 aliphatic carbocycles. The zero-order valence-electron chi connectivity index (χ0n) is 17.5. The fourth-order valence-corrected chi connectivity index (χ4v) is 4.40. The van der Waals surface area contributed by atoms with Gasteiger partial charge in [-0.3, -0.25) is 14.2 Å². The van der Waals surface area contributed by atoms with Gasteiger partial charge >= 0.3 is 0 Å². The van der Waals surface area contributed by atoms with E-state index in [4.69, 9.17) is 0 Å². The third kappa shape index (κ3) is 4.33. The van der Waals surface area contributed by atoms with Crippen LogP contribution in [0.1, 0.15) is 22.3 Å². The van der Waals surface area contributed by atoms with Crippen LogP contribution < -0.4 is 5.43 Å². The van der Waals surface area contributed by atoms with Crippen molar-refractivity contribution in [3.8, 4) is 17.1 Å². The van der Waals surface area contributed by atoms with Crippen molar-refractivity contribution in [2.45, 2.75) is 11.6 Å². The number of carbonyl (C=O) groups is 2. The van der Waals surface area contributed by atoms with Crippen molar-refractivity contribution >= 4 is 29.2 Å². The fraction of sp³-hybridized carbons (Fsp3) is 0.0800. The second-order valence-corrected chi connectivity index (χ2v) is 8.31. The number of benzene rings is 3. The summed E-state index contributed by atoms with van der Waals surface area (Å²) in [6, 6.07) is 26.9. The molecule has 1 amide bonds. The largest absolute Gasteiger partial charge is 0.294 e. The Bertz CT molecular complexity index is 1350. The molecule has 4 aromatic rings. The van der Waals surface area contributed by atoms with E-state index in [0.717, 1.165) is 16.8 Å². The lowest BCUT2D eigenvalue weighted by atomic mass is 10.1. The van der Waals surface area contributed by atoms with Gasteiger partial charge in [-0.2, -0.15) is 5.10 Å². The average molecular weight is 454 g/mol. The Labute approximate surface area is 194 Å². The quantitative estimate of drug-likeness (QED) is 0.350. The molecule has 1 heterocycles. The van der Waals surface area contributed by atoms with E-state index in [2.05, 4.69) is 20.7 Å². The van der Waals surface area contributed by atoms with Gasteiger partial charge in [-0.15, -0.1) is 10.2 Å². The highest BCUT2D eigenvalue weighted by Crippen LogP contribution is 2.28. The van der Waals surface area contributed by atoms with E-state index in [1.54, 1.807) is 6.07 Å². The van der Waals surface area contributed by atoms with Crippen LogP contribution in [-0.4, -0.2) is 37.9 Å². The molecule has 33 heavy (non-hydrogen) atoms. The van der Waals surface area contributed by atoms with Gasteiger partial charge in [0.1, 0.15) is 0 Å². The Morgan fingerprint density at radius 2 is 1.58 bits per heavy atom. The van der Waals surface area contributed by atoms with Crippen molar-refractivity contribution < 1.29 is 9.59 Å². The number of thioether (sulfide) groups is 1. The zero-order valence-corrected chi connectivity index (χ0v) is 18.3. The fourth-order valence-electron chi connectivity index (χ4n) is 3.66. The van der Waals surface area contributed by atoms with Gasteiger partial charge in [-0.1, -0.05) is 84.6 Å². The molecular weight excluding hydrogens is 434 g/mol. The van der Waals surface area contributed by atoms with Crippen molar-refractivity contribution in [2.24, 2.45) is 5.10 Å². The number of fused-ring (bicyclic) bond motifs is 1. The van der Waals surface area contributed by atoms with Crippen LogP contribution >= 0.6 is 11.8 Å². The molecule has 1 aliphatic rings. The summed E-state index contributed by atoms with van der Waals surface area (Å²) in [7, 11) is 0. The number of nitrogens with zero attached hydrogens (tertiary/aromatic N) is 4. The van der Waals surface area contributed by atoms with Crippen LogP contribution in [0.2, 0.25) is 0 Å². The van der Waals surface area contributed by atoms with Crippen molar-refractivity contribution in [1.29, 1.82) is 0 Å². The minimum absolute atomic E-state index is 0.0115. The number of carbonyl (C=O) groups excluding carboxylic acids is 2. The molecule has 0 aliphatic heterocycles. The van der Waals surface area contributed by atoms with E-state index in [0.29, 0.717) is 22.3 Å². The van der Waals surface area contributed by atoms with Gasteiger partial charge in [0.05, 0.1) is 17.9 Å². The first-order valence-electron chi connectivity index (χ1n) is 10.4. The summed E-state index contributed by atoms with van der Waals surface area (Å²) in [6.45, 7) is 0. The third-order valence-electron chi connectivity index (χ3n) is 5.19. The Kier molecular flexibility index (Phi) is 5.82. The molecule has 0 fully saturated rings. The first-order valence-corrected chi connectivity index (χ1v) is 11.4. The average Bonchev–Trinajstić information content (AvgIpc) is 3.44. The molecule has 0 unspecified atom stereocenters. The van der Waals surface area contributed by atoms with E-state index in [1.807, 2.05) is 83.4 Å². The SMILES string of the molecule is O=C(CSc1nnc(-c2ccccc2)n1-c1ccccc1)NN=C1CC(=O)c2ccccc21. The second kappa shape index (κ2) is 9.22. The molecule has 0 saturated carbocycles. The standard InChI is InChI=1S/C25H19N5O2S/c31-22-15-21(19-13-7-8-14-20(19)22)26-27-23(32)16-33-25-29-28-24(17-9-3-1-4-10-17)30(25)18-11-5-2-6-12-18/h1-14H,15-16H2,(H,27,32). The van der Waals surface area contributed by atoms with Gasteiger partial charge in [0.25, 0.3) is 5.91 Å². The number of Topliss-reactive ketones (excluding diaryl/α,β-unsaturated/α-hetero) is 1. The number of ketones is 1. The molecule has 0 radical (unpaired) electrons. The predicted octanol–water partition coefficient (Wildman–Crippen LogP) is 4.13. The number of hydrogen-bond acceptors (Lipinski definition) is 6. The van der Waals surface area contributed by atoms with Gasteiger partial charge in [0.15, 0.2) is 16.8 Å². The molecule has 0 bridgehead atoms. The number of para-hydroxylation sites is 1. The summed E-state index contributed by atoms with van der Waals surface area (Å²) >= 11 is 1.28. The highest BCUT2D eigenvalue weighted by Gasteiger charge is 2.25. The molecule has 0 saturated heterocycles. The summed E-state index contributed by atoms with van der Waals surface area (Å²) in [5, 5.41) is 13.5. The lowest BCUT2D eigenvalue weighted by Crippen LogP contribution is -2.21. The van der Waals surface area contributed by atoms with Crippen molar-refractivity contribution in [3.63, 3.8) is 0 Å². The minimum Gasteiger partial charge on any atom is -0.294 e. The Balaban J connectivity index is 1.34. The molecule has 162 valence electrons. The first-order chi connectivity index (χ1) is 16.2. The van der Waals surface area contributed by atoms with Gasteiger partial charge in [-0.25, -0.2) is 5.43 Å². The highest BCUT2D eigenvalue weighted by molar-refractivity contribution is 7.99. The number of aromatic nitrogens is 3. The minimum atomic E-state index is -0.284. The summed E-state index contributed by atoms with van der Waals surface area (Å²) in [6.07, 6.45) is 0.190. The molecule has 7 nitrogen and oxygen atoms in total. The van der Waals surface area contributed by atoms with Crippen LogP contribution in [0.15, 0.2) is 95.2 Å². The van der Waals surface area contributed by atoms with Crippen molar-refractivity contribution in [2.75, 3.05) is 5.75 Å². The van der Waals surface area contributed by atoms with Gasteiger partial charge in [0.2, 0.25) is 0 Å². The molecule has 1 N–H and O–H groups in total. The lowest BCUT2D eigenvalue weighted by Gasteiger charge is -2.10. The maximum absolute atomic E-state index is 12.5. The Hall–Kier alpha value is -4.04. The van der Waals surface area contributed by atoms with Crippen LogP contribution in [0.5, 0.6) is 0 Å². The normalized spacial score (nSPS) is 13.8. The molecule has 0 atom stereocenters. The maximum Gasteiger partial charge on any atom is 0.250 e. The molecular formula is C25H19N5O2S. The highest BCUT2D eigenvalue weighted by atomic mass is 32.2. The van der Waals surface area contributed by atoms with E-state index in [-0.39, 0.29) is 23.9 Å². The smallest absolute Gasteiger partial charge is 0.250 e.